The Balaban J connectivity index is 4.44. The average Bonchev–Trinajstić information content (AvgIpc) is 3.24. The molecule has 0 aliphatic heterocycles. The van der Waals surface area contributed by atoms with Crippen molar-refractivity contribution in [1.82, 2.24) is 0 Å². The first-order chi connectivity index (χ1) is 29.5. The summed E-state index contributed by atoms with van der Waals surface area (Å²) in [6.07, 6.45) is 61.4. The van der Waals surface area contributed by atoms with Gasteiger partial charge in [-0.15, -0.1) is 0 Å². The Labute approximate surface area is 369 Å². The van der Waals surface area contributed by atoms with Gasteiger partial charge in [0, 0.05) is 19.3 Å². The fourth-order valence-electron chi connectivity index (χ4n) is 6.47. The molecular weight excluding hydrogens is 745 g/mol. The lowest BCUT2D eigenvalue weighted by Crippen LogP contribution is -2.30. The first-order valence-electron chi connectivity index (χ1n) is 24.7. The number of esters is 3. The number of ether oxygens (including phenoxy) is 3. The Morgan fingerprint density at radius 1 is 0.350 bits per heavy atom. The molecule has 0 N–H and O–H groups in total. The highest BCUT2D eigenvalue weighted by molar-refractivity contribution is 5.71. The largest absolute Gasteiger partial charge is 0.462 e. The Hall–Kier alpha value is -3.41. The summed E-state index contributed by atoms with van der Waals surface area (Å²) in [5.41, 5.74) is 0. The van der Waals surface area contributed by atoms with Crippen molar-refractivity contribution in [3.63, 3.8) is 0 Å². The zero-order chi connectivity index (χ0) is 43.7. The molecule has 0 bridgehead atoms. The topological polar surface area (TPSA) is 78.9 Å². The molecule has 1 atom stereocenters. The highest BCUT2D eigenvalue weighted by Crippen LogP contribution is 2.13. The Bertz CT molecular complexity index is 1190. The maximum Gasteiger partial charge on any atom is 0.306 e. The Kier molecular flexibility index (Phi) is 45.5. The van der Waals surface area contributed by atoms with E-state index in [4.69, 9.17) is 14.2 Å². The van der Waals surface area contributed by atoms with E-state index in [0.717, 1.165) is 116 Å². The molecular formula is C54H90O6. The van der Waals surface area contributed by atoms with Gasteiger partial charge in [0.2, 0.25) is 0 Å². The van der Waals surface area contributed by atoms with Gasteiger partial charge in [0.1, 0.15) is 13.2 Å². The standard InChI is InChI=1S/C54H90O6/c1-4-7-10-13-16-19-22-24-25-26-27-28-30-32-35-38-41-44-47-53(56)59-50-51(49-58-52(55)46-43-40-37-34-31-21-18-15-12-9-6-3)60-54(57)48-45-42-39-36-33-29-23-20-17-14-11-8-5-2/h8,11,14-15,17-18,20-21,23,25-28,31,51H,4-7,9-10,12-13,16,19,22,24,29-30,32-50H2,1-3H3/b11-8-,17-14-,18-15-,23-20-,26-25-,28-27-,31-21-. The average molecular weight is 835 g/mol. The van der Waals surface area contributed by atoms with Gasteiger partial charge in [-0.3, -0.25) is 14.4 Å². The minimum absolute atomic E-state index is 0.103. The van der Waals surface area contributed by atoms with Crippen LogP contribution >= 0.6 is 0 Å². The second-order valence-electron chi connectivity index (χ2n) is 16.1. The van der Waals surface area contributed by atoms with Crippen LogP contribution in [0.2, 0.25) is 0 Å². The van der Waals surface area contributed by atoms with E-state index in [1.54, 1.807) is 0 Å². The predicted octanol–water partition coefficient (Wildman–Crippen LogP) is 16.0. The molecule has 0 fully saturated rings. The third kappa shape index (κ3) is 45.7. The van der Waals surface area contributed by atoms with Crippen LogP contribution in [0.5, 0.6) is 0 Å². The van der Waals surface area contributed by atoms with E-state index in [-0.39, 0.29) is 31.1 Å². The third-order valence-electron chi connectivity index (χ3n) is 10.2. The molecule has 342 valence electrons. The fourth-order valence-corrected chi connectivity index (χ4v) is 6.47. The molecule has 0 spiro atoms. The number of hydrogen-bond donors (Lipinski definition) is 0. The van der Waals surface area contributed by atoms with Gasteiger partial charge in [0.15, 0.2) is 6.10 Å². The van der Waals surface area contributed by atoms with Crippen molar-refractivity contribution in [1.29, 1.82) is 0 Å². The summed E-state index contributed by atoms with van der Waals surface area (Å²) in [7, 11) is 0. The Morgan fingerprint density at radius 2 is 0.667 bits per heavy atom. The molecule has 0 heterocycles. The molecule has 6 nitrogen and oxygen atoms in total. The maximum atomic E-state index is 12.7. The smallest absolute Gasteiger partial charge is 0.306 e. The van der Waals surface area contributed by atoms with Gasteiger partial charge < -0.3 is 14.2 Å². The van der Waals surface area contributed by atoms with Crippen LogP contribution in [0, 0.1) is 0 Å². The number of allylic oxidation sites excluding steroid dienone is 14. The molecule has 0 saturated carbocycles. The lowest BCUT2D eigenvalue weighted by atomic mass is 10.1. The molecule has 0 aliphatic rings. The lowest BCUT2D eigenvalue weighted by Gasteiger charge is -2.18. The molecule has 60 heavy (non-hydrogen) atoms. The predicted molar refractivity (Wildman–Crippen MR) is 256 cm³/mol. The molecule has 0 radical (unpaired) electrons. The fraction of sp³-hybridized carbons (Fsp3) is 0.685. The van der Waals surface area contributed by atoms with Crippen molar-refractivity contribution in [2.24, 2.45) is 0 Å². The Morgan fingerprint density at radius 3 is 1.08 bits per heavy atom. The minimum Gasteiger partial charge on any atom is -0.462 e. The van der Waals surface area contributed by atoms with E-state index < -0.39 is 6.10 Å². The normalized spacial score (nSPS) is 12.8. The van der Waals surface area contributed by atoms with E-state index in [0.29, 0.717) is 19.3 Å². The number of carbonyl (C=O) groups excluding carboxylic acids is 3. The molecule has 0 aromatic rings. The summed E-state index contributed by atoms with van der Waals surface area (Å²) in [4.78, 5) is 37.8. The van der Waals surface area contributed by atoms with Crippen molar-refractivity contribution >= 4 is 17.9 Å². The van der Waals surface area contributed by atoms with Crippen LogP contribution in [-0.2, 0) is 28.6 Å². The first-order valence-corrected chi connectivity index (χ1v) is 24.7. The lowest BCUT2D eigenvalue weighted by molar-refractivity contribution is -0.167. The molecule has 1 unspecified atom stereocenters. The van der Waals surface area contributed by atoms with Crippen molar-refractivity contribution in [2.45, 2.75) is 226 Å². The maximum absolute atomic E-state index is 12.7. The second kappa shape index (κ2) is 48.3. The van der Waals surface area contributed by atoms with Crippen LogP contribution < -0.4 is 0 Å². The van der Waals surface area contributed by atoms with Crippen LogP contribution in [0.3, 0.4) is 0 Å². The summed E-state index contributed by atoms with van der Waals surface area (Å²) in [6.45, 7) is 6.38. The highest BCUT2D eigenvalue weighted by Gasteiger charge is 2.19. The summed E-state index contributed by atoms with van der Waals surface area (Å²) in [5, 5.41) is 0. The molecule has 6 heteroatoms. The van der Waals surface area contributed by atoms with Crippen molar-refractivity contribution < 1.29 is 28.6 Å². The minimum atomic E-state index is -0.803. The molecule has 0 saturated heterocycles. The third-order valence-corrected chi connectivity index (χ3v) is 10.2. The van der Waals surface area contributed by atoms with Gasteiger partial charge in [0.05, 0.1) is 0 Å². The first kappa shape index (κ1) is 56.6. The van der Waals surface area contributed by atoms with Gasteiger partial charge >= 0.3 is 17.9 Å². The van der Waals surface area contributed by atoms with E-state index in [1.807, 2.05) is 0 Å². The van der Waals surface area contributed by atoms with E-state index in [2.05, 4.69) is 106 Å². The van der Waals surface area contributed by atoms with Crippen LogP contribution in [0.25, 0.3) is 0 Å². The van der Waals surface area contributed by atoms with Gasteiger partial charge in [0.25, 0.3) is 0 Å². The van der Waals surface area contributed by atoms with E-state index >= 15 is 0 Å². The quantitative estimate of drug-likeness (QED) is 0.0263. The second-order valence-corrected chi connectivity index (χ2v) is 16.1. The molecule has 0 rings (SSSR count). The summed E-state index contributed by atoms with van der Waals surface area (Å²) in [5.74, 6) is -0.971. The molecule has 0 aromatic heterocycles. The van der Waals surface area contributed by atoms with Gasteiger partial charge in [-0.2, -0.15) is 0 Å². The van der Waals surface area contributed by atoms with Crippen LogP contribution in [0.15, 0.2) is 85.1 Å². The molecule has 0 amide bonds. The SMILES string of the molecule is CC\C=C/C=C\C=C/CCCCCCCC(=O)OC(COC(=O)CCCCC/C=C\C=C/CCCC)COC(=O)CCCCCCC/C=C\C=C/CCCCCCCCC. The van der Waals surface area contributed by atoms with E-state index in [1.165, 1.54) is 64.2 Å². The zero-order valence-electron chi connectivity index (χ0n) is 38.9. The summed E-state index contributed by atoms with van der Waals surface area (Å²) in [6, 6.07) is 0. The van der Waals surface area contributed by atoms with Crippen LogP contribution in [0.1, 0.15) is 220 Å². The van der Waals surface area contributed by atoms with Gasteiger partial charge in [-0.05, 0) is 83.5 Å². The van der Waals surface area contributed by atoms with Crippen molar-refractivity contribution in [3.05, 3.63) is 85.1 Å². The summed E-state index contributed by atoms with van der Waals surface area (Å²) >= 11 is 0. The number of rotatable bonds is 43. The monoisotopic (exact) mass is 835 g/mol. The number of unbranched alkanes of at least 4 members (excludes halogenated alkanes) is 22. The van der Waals surface area contributed by atoms with Crippen LogP contribution in [-0.4, -0.2) is 37.2 Å². The van der Waals surface area contributed by atoms with E-state index in [9.17, 15) is 14.4 Å². The van der Waals surface area contributed by atoms with Crippen LogP contribution in [0.4, 0.5) is 0 Å². The summed E-state index contributed by atoms with van der Waals surface area (Å²) < 4.78 is 16.7. The number of carbonyl (C=O) groups is 3. The van der Waals surface area contributed by atoms with Crippen molar-refractivity contribution in [2.75, 3.05) is 13.2 Å². The van der Waals surface area contributed by atoms with Gasteiger partial charge in [-0.25, -0.2) is 0 Å². The zero-order valence-corrected chi connectivity index (χ0v) is 38.9. The van der Waals surface area contributed by atoms with Crippen molar-refractivity contribution in [3.8, 4) is 0 Å². The molecule has 0 aliphatic carbocycles. The molecule has 0 aromatic carbocycles. The highest BCUT2D eigenvalue weighted by atomic mass is 16.6. The van der Waals surface area contributed by atoms with Gasteiger partial charge in [-0.1, -0.05) is 202 Å². The number of hydrogen-bond acceptors (Lipinski definition) is 6.